The number of aromatic nitrogens is 4. The van der Waals surface area contributed by atoms with E-state index in [-0.39, 0.29) is 29.6 Å². The highest BCUT2D eigenvalue weighted by atomic mass is 32.2. The molecule has 1 heterocycles. The number of nitrogens with zero attached hydrogens (tertiary/aromatic N) is 4. The lowest BCUT2D eigenvalue weighted by Gasteiger charge is -2.37. The van der Waals surface area contributed by atoms with Gasteiger partial charge < -0.3 is 10.6 Å². The first-order valence-corrected chi connectivity index (χ1v) is 13.2. The van der Waals surface area contributed by atoms with E-state index in [4.69, 9.17) is 16.3 Å². The van der Waals surface area contributed by atoms with Gasteiger partial charge in [0, 0.05) is 17.7 Å². The molecule has 3 aromatic carbocycles. The van der Waals surface area contributed by atoms with Gasteiger partial charge in [-0.2, -0.15) is 0 Å². The molecule has 0 radical (unpaired) electrons. The fraction of sp³-hybridized carbons (Fsp3) is 0.192. The van der Waals surface area contributed by atoms with Crippen LogP contribution in [0.25, 0.3) is 11.1 Å². The monoisotopic (exact) mass is 532 g/mol. The number of amides is 1. The number of hydrogen-bond donors (Lipinski definition) is 4. The van der Waals surface area contributed by atoms with Crippen LogP contribution in [0.4, 0.5) is 0 Å². The van der Waals surface area contributed by atoms with Gasteiger partial charge in [0.15, 0.2) is 5.82 Å². The second-order valence-corrected chi connectivity index (χ2v) is 10.8. The summed E-state index contributed by atoms with van der Waals surface area (Å²) in [6.07, 6.45) is 0.0779. The van der Waals surface area contributed by atoms with Gasteiger partial charge >= 0.3 is 0 Å². The Morgan fingerprint density at radius 2 is 1.74 bits per heavy atom. The van der Waals surface area contributed by atoms with Crippen LogP contribution in [-0.4, -0.2) is 45.7 Å². The normalized spacial score (nSPS) is 11.8. The van der Waals surface area contributed by atoms with Crippen molar-refractivity contribution in [3.05, 3.63) is 95.3 Å². The average molecular weight is 533 g/mol. The molecule has 0 saturated heterocycles. The molecule has 0 aliphatic carbocycles. The Bertz CT molecular complexity index is 1570. The second-order valence-electron chi connectivity index (χ2n) is 9.32. The molecular formula is C26H28N8O3S. The summed E-state index contributed by atoms with van der Waals surface area (Å²) in [4.78, 5) is 15.4. The number of carbonyl (C=O) groups excluding carboxylic acids is 1. The van der Waals surface area contributed by atoms with Gasteiger partial charge in [0.25, 0.3) is 0 Å². The van der Waals surface area contributed by atoms with Crippen molar-refractivity contribution in [1.29, 1.82) is 5.41 Å². The van der Waals surface area contributed by atoms with E-state index in [1.54, 1.807) is 65.6 Å². The third-order valence-electron chi connectivity index (χ3n) is 6.29. The molecule has 12 heteroatoms. The summed E-state index contributed by atoms with van der Waals surface area (Å²) in [5.41, 5.74) is 8.01. The van der Waals surface area contributed by atoms with E-state index in [0.717, 1.165) is 11.1 Å². The Labute approximate surface area is 220 Å². The van der Waals surface area contributed by atoms with E-state index in [1.165, 1.54) is 6.07 Å². The van der Waals surface area contributed by atoms with Gasteiger partial charge in [-0.15, -0.1) is 5.10 Å². The van der Waals surface area contributed by atoms with Crippen molar-refractivity contribution in [1.82, 2.24) is 25.5 Å². The predicted molar refractivity (Wildman–Crippen MR) is 142 cm³/mol. The minimum Gasteiger partial charge on any atom is -0.384 e. The maximum atomic E-state index is 13.7. The van der Waals surface area contributed by atoms with Crippen LogP contribution in [0.15, 0.2) is 77.7 Å². The fourth-order valence-electron chi connectivity index (χ4n) is 4.19. The standard InChI is InChI=1S/C26H28N8O3S/c1-26(2,25-30-32-33-31-25)34(16-18-6-5-7-20(14-18)24(27)28)23(35)15-17-10-12-19(13-11-17)21-8-3-4-9-22(21)38(29,36)37/h3-14H,15-16H2,1-2H3,(H3,27,28)(H2,29,36,37)(H,30,31,32,33). The van der Waals surface area contributed by atoms with Gasteiger partial charge in [-0.25, -0.2) is 18.7 Å². The Hall–Kier alpha value is -4.42. The van der Waals surface area contributed by atoms with Gasteiger partial charge in [0.05, 0.1) is 16.9 Å². The number of carbonyl (C=O) groups is 1. The molecule has 0 unspecified atom stereocenters. The molecule has 0 saturated carbocycles. The molecule has 0 aliphatic heterocycles. The molecule has 0 spiro atoms. The molecule has 0 atom stereocenters. The second kappa shape index (κ2) is 10.5. The first-order valence-electron chi connectivity index (χ1n) is 11.7. The van der Waals surface area contributed by atoms with Crippen LogP contribution >= 0.6 is 0 Å². The Morgan fingerprint density at radius 3 is 2.37 bits per heavy atom. The van der Waals surface area contributed by atoms with Crippen LogP contribution < -0.4 is 10.9 Å². The highest BCUT2D eigenvalue weighted by molar-refractivity contribution is 7.89. The highest BCUT2D eigenvalue weighted by Gasteiger charge is 2.35. The Kier molecular flexibility index (Phi) is 7.37. The van der Waals surface area contributed by atoms with Gasteiger partial charge in [-0.1, -0.05) is 60.7 Å². The summed E-state index contributed by atoms with van der Waals surface area (Å²) in [5.74, 6) is 0.174. The summed E-state index contributed by atoms with van der Waals surface area (Å²) >= 11 is 0. The molecule has 4 rings (SSSR count). The molecule has 0 aliphatic rings. The van der Waals surface area contributed by atoms with Crippen LogP contribution in [0.3, 0.4) is 0 Å². The van der Waals surface area contributed by atoms with Crippen LogP contribution in [0.2, 0.25) is 0 Å². The van der Waals surface area contributed by atoms with Crippen LogP contribution in [0.5, 0.6) is 0 Å². The molecule has 1 amide bonds. The minimum atomic E-state index is -3.90. The van der Waals surface area contributed by atoms with Gasteiger partial charge in [0.1, 0.15) is 5.84 Å². The quantitative estimate of drug-likeness (QED) is 0.188. The van der Waals surface area contributed by atoms with E-state index < -0.39 is 15.6 Å². The molecule has 38 heavy (non-hydrogen) atoms. The SMILES string of the molecule is CC(C)(c1nnn[nH]1)N(Cc1cccc(C(=N)N)c1)C(=O)Cc1ccc(-c2ccccc2S(N)(=O)=O)cc1. The van der Waals surface area contributed by atoms with Gasteiger partial charge in [-0.3, -0.25) is 10.2 Å². The summed E-state index contributed by atoms with van der Waals surface area (Å²) in [6.45, 7) is 3.91. The smallest absolute Gasteiger partial charge is 0.238 e. The molecule has 1 aromatic heterocycles. The number of amidine groups is 1. The lowest BCUT2D eigenvalue weighted by Crippen LogP contribution is -2.46. The minimum absolute atomic E-state index is 0.0326. The molecular weight excluding hydrogens is 504 g/mol. The highest BCUT2D eigenvalue weighted by Crippen LogP contribution is 2.29. The molecule has 0 bridgehead atoms. The summed E-state index contributed by atoms with van der Waals surface area (Å²) in [6, 6.07) is 20.7. The molecule has 4 aromatic rings. The van der Waals surface area contributed by atoms with Crippen LogP contribution in [0, 0.1) is 5.41 Å². The van der Waals surface area contributed by atoms with Gasteiger partial charge in [-0.05, 0) is 53.1 Å². The average Bonchev–Trinajstić information content (AvgIpc) is 3.43. The number of aromatic amines is 1. The van der Waals surface area contributed by atoms with Crippen molar-refractivity contribution in [3.63, 3.8) is 0 Å². The van der Waals surface area contributed by atoms with Crippen molar-refractivity contribution in [3.8, 4) is 11.1 Å². The van der Waals surface area contributed by atoms with Crippen molar-refractivity contribution < 1.29 is 13.2 Å². The lowest BCUT2D eigenvalue weighted by atomic mass is 9.97. The zero-order valence-corrected chi connectivity index (χ0v) is 21.7. The fourth-order valence-corrected chi connectivity index (χ4v) is 4.95. The number of benzene rings is 3. The largest absolute Gasteiger partial charge is 0.384 e. The van der Waals surface area contributed by atoms with Crippen LogP contribution in [-0.2, 0) is 33.3 Å². The summed E-state index contributed by atoms with van der Waals surface area (Å²) < 4.78 is 24.0. The van der Waals surface area contributed by atoms with E-state index in [2.05, 4.69) is 20.6 Å². The zero-order valence-electron chi connectivity index (χ0n) is 20.9. The number of tetrazole rings is 1. The van der Waals surface area contributed by atoms with Crippen LogP contribution in [0.1, 0.15) is 36.4 Å². The van der Waals surface area contributed by atoms with Crippen molar-refractivity contribution in [2.45, 2.75) is 37.2 Å². The number of nitrogens with one attached hydrogen (secondary N) is 2. The van der Waals surface area contributed by atoms with E-state index in [1.807, 2.05) is 19.9 Å². The topological polar surface area (TPSA) is 185 Å². The number of H-pyrrole nitrogens is 1. The van der Waals surface area contributed by atoms with Crippen molar-refractivity contribution in [2.24, 2.45) is 10.9 Å². The maximum absolute atomic E-state index is 13.7. The third kappa shape index (κ3) is 5.76. The first kappa shape index (κ1) is 26.6. The Balaban J connectivity index is 1.62. The first-order chi connectivity index (χ1) is 18.0. The van der Waals surface area contributed by atoms with E-state index in [0.29, 0.717) is 22.5 Å². The van der Waals surface area contributed by atoms with Gasteiger partial charge in [0.2, 0.25) is 15.9 Å². The number of nitrogens with two attached hydrogens (primary N) is 2. The molecule has 196 valence electrons. The number of sulfonamides is 1. The number of rotatable bonds is 9. The number of primary sulfonamides is 1. The van der Waals surface area contributed by atoms with Crippen molar-refractivity contribution in [2.75, 3.05) is 0 Å². The summed E-state index contributed by atoms with van der Waals surface area (Å²) in [5, 5.41) is 27.2. The maximum Gasteiger partial charge on any atom is 0.238 e. The van der Waals surface area contributed by atoms with E-state index >= 15 is 0 Å². The van der Waals surface area contributed by atoms with Crippen molar-refractivity contribution >= 4 is 21.8 Å². The number of hydrogen-bond acceptors (Lipinski definition) is 7. The predicted octanol–water partition coefficient (Wildman–Crippen LogP) is 2.30. The van der Waals surface area contributed by atoms with E-state index in [9.17, 15) is 13.2 Å². The lowest BCUT2D eigenvalue weighted by molar-refractivity contribution is -0.137. The summed E-state index contributed by atoms with van der Waals surface area (Å²) in [7, 11) is -3.90. The molecule has 6 N–H and O–H groups in total. The third-order valence-corrected chi connectivity index (χ3v) is 7.26. The molecule has 11 nitrogen and oxygen atoms in total. The molecule has 0 fully saturated rings. The zero-order chi connectivity index (χ0) is 27.5. The Morgan fingerprint density at radius 1 is 1.03 bits per heavy atom. The number of nitrogen functional groups attached to an aromatic ring is 1.